The highest BCUT2D eigenvalue weighted by Crippen LogP contribution is 2.24. The lowest BCUT2D eigenvalue weighted by molar-refractivity contribution is 0.625. The highest BCUT2D eigenvalue weighted by molar-refractivity contribution is 7.10. The summed E-state index contributed by atoms with van der Waals surface area (Å²) in [5.74, 6) is 5.54. The van der Waals surface area contributed by atoms with E-state index in [2.05, 4.69) is 28.8 Å². The molecule has 0 radical (unpaired) electrons. The summed E-state index contributed by atoms with van der Waals surface area (Å²) >= 11 is 1.74. The molecule has 0 aliphatic rings. The second-order valence-electron chi connectivity index (χ2n) is 3.22. The number of hydrazine groups is 1. The van der Waals surface area contributed by atoms with Gasteiger partial charge in [0, 0.05) is 16.8 Å². The van der Waals surface area contributed by atoms with Gasteiger partial charge in [-0.15, -0.1) is 11.3 Å². The van der Waals surface area contributed by atoms with Crippen molar-refractivity contribution in [2.45, 2.75) is 13.0 Å². The molecule has 0 aliphatic heterocycles. The number of nitrogens with two attached hydrogens (primary N) is 1. The van der Waals surface area contributed by atoms with Crippen molar-refractivity contribution in [1.29, 1.82) is 0 Å². The van der Waals surface area contributed by atoms with Gasteiger partial charge in [0.15, 0.2) is 0 Å². The number of thiophene rings is 1. The Hall–Kier alpha value is -1.10. The largest absolute Gasteiger partial charge is 0.363 e. The van der Waals surface area contributed by atoms with Gasteiger partial charge >= 0.3 is 0 Å². The Labute approximate surface area is 86.9 Å². The zero-order chi connectivity index (χ0) is 9.97. The van der Waals surface area contributed by atoms with E-state index in [0.717, 1.165) is 5.69 Å². The summed E-state index contributed by atoms with van der Waals surface area (Å²) in [5.41, 5.74) is 5.10. The second kappa shape index (κ2) is 3.96. The van der Waals surface area contributed by atoms with Crippen LogP contribution in [0.15, 0.2) is 29.8 Å². The number of aromatic nitrogens is 1. The molecule has 2 aromatic heterocycles. The summed E-state index contributed by atoms with van der Waals surface area (Å²) in [4.78, 5) is 4.46. The quantitative estimate of drug-likeness (QED) is 0.532. The monoisotopic (exact) mass is 207 g/mol. The van der Waals surface area contributed by atoms with Gasteiger partial charge in [0.2, 0.25) is 0 Å². The number of hydrogen-bond acceptors (Lipinski definition) is 3. The van der Waals surface area contributed by atoms with Crippen molar-refractivity contribution in [2.75, 3.05) is 0 Å². The second-order valence-corrected chi connectivity index (χ2v) is 4.33. The van der Waals surface area contributed by atoms with E-state index in [0.29, 0.717) is 0 Å². The third kappa shape index (κ3) is 1.72. The molecular weight excluding hydrogens is 194 g/mol. The van der Waals surface area contributed by atoms with E-state index in [1.54, 1.807) is 11.3 Å². The van der Waals surface area contributed by atoms with E-state index in [1.165, 1.54) is 10.4 Å². The molecule has 2 rings (SSSR count). The van der Waals surface area contributed by atoms with E-state index in [9.17, 15) is 0 Å². The van der Waals surface area contributed by atoms with Crippen molar-refractivity contribution in [2.24, 2.45) is 5.84 Å². The topological polar surface area (TPSA) is 53.8 Å². The predicted octanol–water partition coefficient (Wildman–Crippen LogP) is 1.94. The van der Waals surface area contributed by atoms with Crippen LogP contribution in [0.3, 0.4) is 0 Å². The maximum atomic E-state index is 5.54. The average Bonchev–Trinajstić information content (AvgIpc) is 2.79. The SMILES string of the molecule is Cc1cc(C(NN)c2ccc[nH]2)cs1. The molecule has 3 nitrogen and oxygen atoms in total. The molecule has 0 saturated carbocycles. The molecule has 2 heterocycles. The number of aryl methyl sites for hydroxylation is 1. The Morgan fingerprint density at radius 1 is 1.57 bits per heavy atom. The molecule has 0 saturated heterocycles. The summed E-state index contributed by atoms with van der Waals surface area (Å²) in [6, 6.07) is 6.21. The van der Waals surface area contributed by atoms with Crippen LogP contribution >= 0.6 is 11.3 Å². The number of H-pyrrole nitrogens is 1. The number of aromatic amines is 1. The molecule has 4 N–H and O–H groups in total. The first-order valence-electron chi connectivity index (χ1n) is 4.45. The normalized spacial score (nSPS) is 13.0. The zero-order valence-electron chi connectivity index (χ0n) is 7.95. The van der Waals surface area contributed by atoms with Crippen LogP contribution in [0.5, 0.6) is 0 Å². The zero-order valence-corrected chi connectivity index (χ0v) is 8.77. The van der Waals surface area contributed by atoms with Crippen LogP contribution in [0, 0.1) is 6.92 Å². The first-order valence-corrected chi connectivity index (χ1v) is 5.33. The highest BCUT2D eigenvalue weighted by atomic mass is 32.1. The first-order chi connectivity index (χ1) is 6.81. The smallest absolute Gasteiger partial charge is 0.0867 e. The molecule has 0 amide bonds. The highest BCUT2D eigenvalue weighted by Gasteiger charge is 2.13. The standard InChI is InChI=1S/C10H13N3S/c1-7-5-8(6-14-7)10(13-11)9-3-2-4-12-9/h2-6,10,12-13H,11H2,1H3. The third-order valence-electron chi connectivity index (χ3n) is 2.18. The fourth-order valence-electron chi connectivity index (χ4n) is 1.50. The fraction of sp³-hybridized carbons (Fsp3) is 0.200. The maximum Gasteiger partial charge on any atom is 0.0867 e. The van der Waals surface area contributed by atoms with Crippen LogP contribution in [0.25, 0.3) is 0 Å². The lowest BCUT2D eigenvalue weighted by Crippen LogP contribution is -2.28. The summed E-state index contributed by atoms with van der Waals surface area (Å²) < 4.78 is 0. The van der Waals surface area contributed by atoms with E-state index in [1.807, 2.05) is 18.3 Å². The molecule has 1 atom stereocenters. The van der Waals surface area contributed by atoms with Crippen molar-refractivity contribution in [1.82, 2.24) is 10.4 Å². The van der Waals surface area contributed by atoms with E-state index in [-0.39, 0.29) is 6.04 Å². The first kappa shape index (κ1) is 9.45. The Morgan fingerprint density at radius 2 is 2.43 bits per heavy atom. The minimum absolute atomic E-state index is 0.0648. The molecule has 0 aromatic carbocycles. The van der Waals surface area contributed by atoms with E-state index < -0.39 is 0 Å². The van der Waals surface area contributed by atoms with E-state index in [4.69, 9.17) is 5.84 Å². The minimum atomic E-state index is 0.0648. The van der Waals surface area contributed by atoms with Crippen LogP contribution in [0.1, 0.15) is 22.2 Å². The fourth-order valence-corrected chi connectivity index (χ4v) is 2.23. The number of hydrogen-bond donors (Lipinski definition) is 3. The van der Waals surface area contributed by atoms with Crippen molar-refractivity contribution >= 4 is 11.3 Å². The van der Waals surface area contributed by atoms with Gasteiger partial charge in [-0.3, -0.25) is 5.84 Å². The molecule has 0 bridgehead atoms. The number of nitrogens with one attached hydrogen (secondary N) is 2. The maximum absolute atomic E-state index is 5.54. The van der Waals surface area contributed by atoms with Gasteiger partial charge in [-0.2, -0.15) is 0 Å². The van der Waals surface area contributed by atoms with Crippen molar-refractivity contribution < 1.29 is 0 Å². The minimum Gasteiger partial charge on any atom is -0.363 e. The van der Waals surface area contributed by atoms with Crippen LogP contribution in [-0.4, -0.2) is 4.98 Å². The molecule has 0 aliphatic carbocycles. The lowest BCUT2D eigenvalue weighted by Gasteiger charge is -2.12. The van der Waals surface area contributed by atoms with Crippen molar-refractivity contribution in [3.63, 3.8) is 0 Å². The van der Waals surface area contributed by atoms with Crippen LogP contribution in [0.2, 0.25) is 0 Å². The Kier molecular flexibility index (Phi) is 2.67. The Balaban J connectivity index is 2.31. The van der Waals surface area contributed by atoms with Gasteiger partial charge in [-0.05, 0) is 36.1 Å². The van der Waals surface area contributed by atoms with Gasteiger partial charge < -0.3 is 4.98 Å². The predicted molar refractivity (Wildman–Crippen MR) is 59.0 cm³/mol. The molecule has 0 fully saturated rings. The van der Waals surface area contributed by atoms with Gasteiger partial charge in [0.25, 0.3) is 0 Å². The summed E-state index contributed by atoms with van der Waals surface area (Å²) in [6.45, 7) is 2.09. The van der Waals surface area contributed by atoms with Crippen molar-refractivity contribution in [3.05, 3.63) is 45.9 Å². The molecule has 14 heavy (non-hydrogen) atoms. The van der Waals surface area contributed by atoms with Gasteiger partial charge in [-0.1, -0.05) is 0 Å². The van der Waals surface area contributed by atoms with E-state index >= 15 is 0 Å². The van der Waals surface area contributed by atoms with Gasteiger partial charge in [-0.25, -0.2) is 5.43 Å². The third-order valence-corrected chi connectivity index (χ3v) is 3.06. The summed E-state index contributed by atoms with van der Waals surface area (Å²) in [7, 11) is 0. The molecule has 0 spiro atoms. The molecule has 1 unspecified atom stereocenters. The van der Waals surface area contributed by atoms with Crippen molar-refractivity contribution in [3.8, 4) is 0 Å². The summed E-state index contributed by atoms with van der Waals surface area (Å²) in [5, 5.41) is 2.13. The molecule has 2 aromatic rings. The van der Waals surface area contributed by atoms with Gasteiger partial charge in [0.05, 0.1) is 6.04 Å². The van der Waals surface area contributed by atoms with Crippen LogP contribution in [-0.2, 0) is 0 Å². The lowest BCUT2D eigenvalue weighted by atomic mass is 10.1. The van der Waals surface area contributed by atoms with Crippen LogP contribution < -0.4 is 11.3 Å². The Bertz CT molecular complexity index is 391. The number of rotatable bonds is 3. The Morgan fingerprint density at radius 3 is 2.93 bits per heavy atom. The van der Waals surface area contributed by atoms with Gasteiger partial charge in [0.1, 0.15) is 0 Å². The average molecular weight is 207 g/mol. The molecule has 4 heteroatoms. The summed E-state index contributed by atoms with van der Waals surface area (Å²) in [6.07, 6.45) is 1.90. The van der Waals surface area contributed by atoms with Crippen LogP contribution in [0.4, 0.5) is 0 Å². The molecule has 74 valence electrons. The molecular formula is C10H13N3S.